The number of fused-ring (bicyclic) bond motifs is 8. The fourth-order valence-electron chi connectivity index (χ4n) is 6.83. The molecule has 2 aromatic rings. The number of tetrazole rings is 1. The van der Waals surface area contributed by atoms with Gasteiger partial charge in [0.05, 0.1) is 25.0 Å². The van der Waals surface area contributed by atoms with E-state index in [1.807, 2.05) is 18.2 Å². The number of methoxy groups -OCH3 is 1. The van der Waals surface area contributed by atoms with E-state index in [-0.39, 0.29) is 26.0 Å². The number of carbonyl (C=O) groups is 4. The van der Waals surface area contributed by atoms with Gasteiger partial charge >= 0.3 is 6.09 Å². The molecule has 51 heavy (non-hydrogen) atoms. The predicted molar refractivity (Wildman–Crippen MR) is 184 cm³/mol. The van der Waals surface area contributed by atoms with Crippen molar-refractivity contribution in [1.82, 2.24) is 40.5 Å². The largest absolute Gasteiger partial charge is 0.496 e. The van der Waals surface area contributed by atoms with Crippen molar-refractivity contribution in [2.24, 2.45) is 11.3 Å². The molecule has 5 atom stereocenters. The highest BCUT2D eigenvalue weighted by Gasteiger charge is 2.62. The van der Waals surface area contributed by atoms with E-state index < -0.39 is 74.1 Å². The maximum absolute atomic E-state index is 14.4. The Labute approximate surface area is 297 Å². The van der Waals surface area contributed by atoms with Crippen LogP contribution in [0.4, 0.5) is 4.79 Å². The fraction of sp³-hybridized carbons (Fsp3) is 0.618. The number of nitrogens with zero attached hydrogens (tertiary/aromatic N) is 5. The Morgan fingerprint density at radius 2 is 1.94 bits per heavy atom. The number of hydrogen-bond acceptors (Lipinski definition) is 11. The van der Waals surface area contributed by atoms with Crippen molar-refractivity contribution in [2.75, 3.05) is 20.3 Å². The molecule has 3 heterocycles. The lowest BCUT2D eigenvalue weighted by Crippen LogP contribution is -2.60. The number of aromatic nitrogens is 4. The Balaban J connectivity index is 1.33. The third-order valence-corrected chi connectivity index (χ3v) is 11.9. The minimum absolute atomic E-state index is 0.00989. The molecule has 0 radical (unpaired) electrons. The molecule has 1 saturated heterocycles. The van der Waals surface area contributed by atoms with Crippen molar-refractivity contribution < 1.29 is 37.1 Å². The van der Waals surface area contributed by atoms with Crippen molar-refractivity contribution in [3.63, 3.8) is 0 Å². The molecule has 4 aliphatic rings. The molecule has 1 aromatic heterocycles. The van der Waals surface area contributed by atoms with Crippen LogP contribution in [-0.4, -0.2) is 100 Å². The molecule has 2 aliphatic heterocycles. The van der Waals surface area contributed by atoms with Gasteiger partial charge in [0, 0.05) is 24.4 Å². The molecule has 16 nitrogen and oxygen atoms in total. The molecule has 17 heteroatoms. The van der Waals surface area contributed by atoms with Crippen LogP contribution in [0.3, 0.4) is 0 Å². The minimum Gasteiger partial charge on any atom is -0.496 e. The number of rotatable bonds is 7. The van der Waals surface area contributed by atoms with Crippen molar-refractivity contribution in [3.8, 4) is 17.1 Å². The van der Waals surface area contributed by atoms with Gasteiger partial charge in [-0.05, 0) is 79.3 Å². The van der Waals surface area contributed by atoms with E-state index in [0.717, 1.165) is 29.7 Å². The summed E-state index contributed by atoms with van der Waals surface area (Å²) in [4.78, 5) is 57.8. The van der Waals surface area contributed by atoms with E-state index in [0.29, 0.717) is 31.5 Å². The van der Waals surface area contributed by atoms with E-state index in [2.05, 4.69) is 37.3 Å². The number of hydrogen-bond donors (Lipinski definition) is 3. The molecular formula is C34H46N8O8S. The standard InChI is InChI=1S/C34H46N8O8S/c1-6-22-18-34(22,31(45)39-51(47,48)24-12-13-24)36-29(43)25-17-23-19-41(25)30(44)27(33(2,3)4)35-32(46)50-15-9-7-8-10-20-16-21(11-14-26(20)49-5)28-37-40-42(23)38-28/h6,11,14,16,22-25,27H,1,7-10,12-13,15,17-19H2,2-5H3,(H,35,46)(H,36,43)(H,39,45)/t22-,23+,25-,27-,34-/m0/s1. The molecule has 6 rings (SSSR count). The maximum atomic E-state index is 14.4. The molecule has 0 spiro atoms. The van der Waals surface area contributed by atoms with E-state index in [1.54, 1.807) is 27.9 Å². The summed E-state index contributed by atoms with van der Waals surface area (Å²) in [6.45, 7) is 9.28. The van der Waals surface area contributed by atoms with Gasteiger partial charge in [-0.2, -0.15) is 4.80 Å². The highest BCUT2D eigenvalue weighted by atomic mass is 32.2. The van der Waals surface area contributed by atoms with Gasteiger partial charge in [0.25, 0.3) is 5.91 Å². The lowest BCUT2D eigenvalue weighted by atomic mass is 9.85. The Morgan fingerprint density at radius 3 is 2.61 bits per heavy atom. The van der Waals surface area contributed by atoms with Crippen LogP contribution in [0.25, 0.3) is 11.4 Å². The Kier molecular flexibility index (Phi) is 9.87. The van der Waals surface area contributed by atoms with E-state index in [9.17, 15) is 27.6 Å². The number of benzene rings is 1. The van der Waals surface area contributed by atoms with Gasteiger partial charge in [0.15, 0.2) is 0 Å². The summed E-state index contributed by atoms with van der Waals surface area (Å²) in [5, 5.41) is 18.1. The summed E-state index contributed by atoms with van der Waals surface area (Å²) in [6, 6.07) is 2.82. The average molecular weight is 727 g/mol. The summed E-state index contributed by atoms with van der Waals surface area (Å²) < 4.78 is 38.5. The molecule has 276 valence electrons. The first-order chi connectivity index (χ1) is 24.2. The van der Waals surface area contributed by atoms with E-state index in [4.69, 9.17) is 9.47 Å². The minimum atomic E-state index is -3.89. The molecule has 0 unspecified atom stereocenters. The Morgan fingerprint density at radius 1 is 1.18 bits per heavy atom. The van der Waals surface area contributed by atoms with Crippen molar-refractivity contribution in [3.05, 3.63) is 36.4 Å². The van der Waals surface area contributed by atoms with Crippen LogP contribution in [0, 0.1) is 11.3 Å². The lowest BCUT2D eigenvalue weighted by molar-refractivity contribution is -0.142. The van der Waals surface area contributed by atoms with Crippen LogP contribution in [0.15, 0.2) is 30.9 Å². The zero-order valence-electron chi connectivity index (χ0n) is 29.4. The molecule has 2 aliphatic carbocycles. The second kappa shape index (κ2) is 13.9. The number of amides is 4. The normalized spacial score (nSPS) is 27.2. The van der Waals surface area contributed by atoms with Gasteiger partial charge in [0.1, 0.15) is 23.4 Å². The highest BCUT2D eigenvalue weighted by Crippen LogP contribution is 2.46. The van der Waals surface area contributed by atoms with Crippen LogP contribution >= 0.6 is 0 Å². The zero-order chi connectivity index (χ0) is 36.7. The summed E-state index contributed by atoms with van der Waals surface area (Å²) in [6.07, 6.45) is 4.79. The summed E-state index contributed by atoms with van der Waals surface area (Å²) >= 11 is 0. The summed E-state index contributed by atoms with van der Waals surface area (Å²) in [5.41, 5.74) is -0.654. The zero-order valence-corrected chi connectivity index (χ0v) is 30.2. The van der Waals surface area contributed by atoms with Crippen LogP contribution in [0.2, 0.25) is 0 Å². The Bertz CT molecular complexity index is 1820. The third-order valence-electron chi connectivity index (χ3n) is 10.1. The van der Waals surface area contributed by atoms with Gasteiger partial charge in [-0.25, -0.2) is 13.2 Å². The van der Waals surface area contributed by atoms with Crippen molar-refractivity contribution in [1.29, 1.82) is 0 Å². The lowest BCUT2D eigenvalue weighted by Gasteiger charge is -2.35. The van der Waals surface area contributed by atoms with Gasteiger partial charge in [0.2, 0.25) is 27.7 Å². The number of alkyl carbamates (subject to hydrolysis) is 1. The second-order valence-electron chi connectivity index (χ2n) is 14.9. The summed E-state index contributed by atoms with van der Waals surface area (Å²) in [5.74, 6) is -1.47. The fourth-order valence-corrected chi connectivity index (χ4v) is 8.20. The molecule has 3 N–H and O–H groups in total. The molecule has 3 fully saturated rings. The average Bonchev–Trinajstić information content (AvgIpc) is 3.96. The number of carbonyl (C=O) groups excluding carboxylic acids is 4. The topological polar surface area (TPSA) is 204 Å². The number of nitrogens with one attached hydrogen (secondary N) is 3. The van der Waals surface area contributed by atoms with Crippen LogP contribution < -0.4 is 20.1 Å². The van der Waals surface area contributed by atoms with E-state index in [1.165, 1.54) is 15.8 Å². The highest BCUT2D eigenvalue weighted by molar-refractivity contribution is 7.91. The summed E-state index contributed by atoms with van der Waals surface area (Å²) in [7, 11) is -2.28. The molecule has 1 aromatic carbocycles. The van der Waals surface area contributed by atoms with Crippen molar-refractivity contribution >= 4 is 33.8 Å². The first kappa shape index (κ1) is 36.3. The number of ether oxygens (including phenoxy) is 2. The van der Waals surface area contributed by atoms with Gasteiger partial charge in [-0.3, -0.25) is 19.1 Å². The molecule has 4 amide bonds. The van der Waals surface area contributed by atoms with E-state index >= 15 is 0 Å². The number of cyclic esters (lactones) is 1. The smallest absolute Gasteiger partial charge is 0.407 e. The van der Waals surface area contributed by atoms with Gasteiger partial charge in [-0.1, -0.05) is 26.8 Å². The van der Waals surface area contributed by atoms with Crippen LogP contribution in [-0.2, 0) is 35.6 Å². The number of aryl methyl sites for hydroxylation is 1. The van der Waals surface area contributed by atoms with Gasteiger partial charge < -0.3 is 25.0 Å². The first-order valence-electron chi connectivity index (χ1n) is 17.4. The predicted octanol–water partition coefficient (Wildman–Crippen LogP) is 2.03. The second-order valence-corrected chi connectivity index (χ2v) is 16.9. The maximum Gasteiger partial charge on any atom is 0.407 e. The SMILES string of the molecule is C=C[C@H]1C[C@@]1(NC(=O)[C@@H]1C[C@@H]2CN1C(=O)[C@@H](C(C)(C)C)NC(=O)OCCCCCc1cc(ccc1OC)-c1nnn2n1)C(=O)NS(=O)(=O)C1CC1. The Hall–Kier alpha value is -4.54. The molecular weight excluding hydrogens is 680 g/mol. The molecule has 2 saturated carbocycles. The first-order valence-corrected chi connectivity index (χ1v) is 18.9. The molecule has 6 bridgehead atoms. The van der Waals surface area contributed by atoms with Crippen LogP contribution in [0.1, 0.15) is 77.3 Å². The quantitative estimate of drug-likeness (QED) is 0.352. The van der Waals surface area contributed by atoms with Gasteiger partial charge in [-0.15, -0.1) is 16.8 Å². The third kappa shape index (κ3) is 7.58. The van der Waals surface area contributed by atoms with Crippen LogP contribution in [0.5, 0.6) is 5.75 Å². The monoisotopic (exact) mass is 726 g/mol. The van der Waals surface area contributed by atoms with Crippen molar-refractivity contribution in [2.45, 2.75) is 101 Å². The number of sulfonamides is 1.